The zero-order chi connectivity index (χ0) is 28.4. The van der Waals surface area contributed by atoms with Crippen LogP contribution in [0.1, 0.15) is 29.8 Å². The third-order valence-electron chi connectivity index (χ3n) is 7.37. The smallest absolute Gasteiger partial charge is 0.338 e. The van der Waals surface area contributed by atoms with Crippen LogP contribution in [0.25, 0.3) is 10.8 Å². The Labute approximate surface area is 234 Å². The van der Waals surface area contributed by atoms with Crippen molar-refractivity contribution in [2.75, 3.05) is 0 Å². The summed E-state index contributed by atoms with van der Waals surface area (Å²) in [6, 6.07) is 16.9. The van der Waals surface area contributed by atoms with Crippen LogP contribution < -0.4 is 5.32 Å². The Morgan fingerprint density at radius 2 is 1.51 bits per heavy atom. The van der Waals surface area contributed by atoms with E-state index in [1.54, 1.807) is 43.3 Å². The number of nitrogens with one attached hydrogen (secondary N) is 1. The van der Waals surface area contributed by atoms with Crippen LogP contribution in [0.4, 0.5) is 0 Å². The quantitative estimate of drug-likeness (QED) is 0.305. The lowest BCUT2D eigenvalue weighted by Crippen LogP contribution is -2.60. The Bertz CT molecular complexity index is 1420. The van der Waals surface area contributed by atoms with Gasteiger partial charge in [-0.2, -0.15) is 0 Å². The predicted molar refractivity (Wildman–Crippen MR) is 146 cm³/mol. The number of esters is 1. The number of benzene rings is 3. The van der Waals surface area contributed by atoms with Crippen LogP contribution in [0.15, 0.2) is 60.7 Å². The number of carbonyl (C=O) groups is 4. The minimum absolute atomic E-state index is 0.156. The van der Waals surface area contributed by atoms with Gasteiger partial charge in [0, 0.05) is 6.42 Å². The molecule has 1 fully saturated rings. The Hall–Kier alpha value is -3.62. The molecule has 3 aromatic rings. The minimum atomic E-state index is -1.25. The van der Waals surface area contributed by atoms with Gasteiger partial charge < -0.3 is 20.3 Å². The number of aliphatic carboxylic acids is 2. The SMILES string of the molecule is CC1[C@@H](C(=O)O)C(C(=O)NC(C)[C@@H](Cc2ccc(Cl)c(Cl)c2)OC(=O)c2ccc3ccccc3c2)[C@@H]1C(=O)O. The molecule has 1 unspecified atom stereocenters. The topological polar surface area (TPSA) is 130 Å². The average Bonchev–Trinajstić information content (AvgIpc) is 2.87. The summed E-state index contributed by atoms with van der Waals surface area (Å²) in [5, 5.41) is 24.3. The highest BCUT2D eigenvalue weighted by atomic mass is 35.5. The highest BCUT2D eigenvalue weighted by molar-refractivity contribution is 6.42. The lowest BCUT2D eigenvalue weighted by atomic mass is 9.57. The van der Waals surface area contributed by atoms with Crippen LogP contribution in [0.5, 0.6) is 0 Å². The van der Waals surface area contributed by atoms with Gasteiger partial charge >= 0.3 is 17.9 Å². The molecule has 1 saturated carbocycles. The fourth-order valence-corrected chi connectivity index (χ4v) is 5.51. The monoisotopic (exact) mass is 571 g/mol. The second-order valence-corrected chi connectivity index (χ2v) is 10.7. The molecular weight excluding hydrogens is 545 g/mol. The van der Waals surface area contributed by atoms with E-state index in [0.717, 1.165) is 10.8 Å². The number of rotatable bonds is 9. The summed E-state index contributed by atoms with van der Waals surface area (Å²) in [6.07, 6.45) is -0.738. The van der Waals surface area contributed by atoms with Crippen molar-refractivity contribution in [2.24, 2.45) is 23.7 Å². The molecule has 10 heteroatoms. The van der Waals surface area contributed by atoms with Crippen molar-refractivity contribution in [2.45, 2.75) is 32.4 Å². The van der Waals surface area contributed by atoms with E-state index in [4.69, 9.17) is 27.9 Å². The number of hydrogen-bond acceptors (Lipinski definition) is 5. The van der Waals surface area contributed by atoms with Gasteiger partial charge in [-0.3, -0.25) is 14.4 Å². The first-order valence-corrected chi connectivity index (χ1v) is 13.1. The van der Waals surface area contributed by atoms with E-state index in [1.165, 1.54) is 6.92 Å². The summed E-state index contributed by atoms with van der Waals surface area (Å²) in [7, 11) is 0. The van der Waals surface area contributed by atoms with Crippen LogP contribution in [0.2, 0.25) is 10.0 Å². The van der Waals surface area contributed by atoms with Crippen LogP contribution in [0.3, 0.4) is 0 Å². The van der Waals surface area contributed by atoms with Gasteiger partial charge in [0.25, 0.3) is 0 Å². The number of fused-ring (bicyclic) bond motifs is 1. The molecule has 1 aliphatic carbocycles. The summed E-state index contributed by atoms with van der Waals surface area (Å²) in [5.74, 6) is -8.02. The van der Waals surface area contributed by atoms with Gasteiger partial charge in [0.2, 0.25) is 5.91 Å². The van der Waals surface area contributed by atoms with E-state index in [0.29, 0.717) is 21.2 Å². The maximum Gasteiger partial charge on any atom is 0.338 e. The summed E-state index contributed by atoms with van der Waals surface area (Å²) >= 11 is 12.2. The maximum atomic E-state index is 13.2. The van der Waals surface area contributed by atoms with E-state index in [9.17, 15) is 29.4 Å². The Balaban J connectivity index is 1.57. The molecule has 1 aliphatic rings. The van der Waals surface area contributed by atoms with Gasteiger partial charge in [0.15, 0.2) is 0 Å². The lowest BCUT2D eigenvalue weighted by molar-refractivity contribution is -0.176. The Kier molecular flexibility index (Phi) is 8.47. The molecule has 0 spiro atoms. The maximum absolute atomic E-state index is 13.2. The minimum Gasteiger partial charge on any atom is -0.481 e. The number of carbonyl (C=O) groups excluding carboxylic acids is 2. The summed E-state index contributed by atoms with van der Waals surface area (Å²) in [4.78, 5) is 49.8. The summed E-state index contributed by atoms with van der Waals surface area (Å²) < 4.78 is 5.86. The number of halogens is 2. The molecular formula is C29H27Cl2NO7. The van der Waals surface area contributed by atoms with E-state index in [1.807, 2.05) is 24.3 Å². The van der Waals surface area contributed by atoms with Gasteiger partial charge in [-0.1, -0.05) is 66.5 Å². The molecule has 204 valence electrons. The van der Waals surface area contributed by atoms with E-state index in [-0.39, 0.29) is 6.42 Å². The second-order valence-electron chi connectivity index (χ2n) is 9.87. The van der Waals surface area contributed by atoms with Crippen molar-refractivity contribution in [3.63, 3.8) is 0 Å². The normalized spacial score (nSPS) is 21.8. The fraction of sp³-hybridized carbons (Fsp3) is 0.310. The summed E-state index contributed by atoms with van der Waals surface area (Å²) in [6.45, 7) is 3.12. The Morgan fingerprint density at radius 1 is 0.872 bits per heavy atom. The molecule has 4 atom stereocenters. The first-order chi connectivity index (χ1) is 18.5. The van der Waals surface area contributed by atoms with Crippen LogP contribution in [-0.2, 0) is 25.5 Å². The predicted octanol–water partition coefficient (Wildman–Crippen LogP) is 5.09. The molecule has 0 heterocycles. The molecule has 3 aromatic carbocycles. The zero-order valence-electron chi connectivity index (χ0n) is 21.1. The number of carboxylic acids is 2. The number of carboxylic acid groups (broad SMARTS) is 2. The Morgan fingerprint density at radius 3 is 2.13 bits per heavy atom. The van der Waals surface area contributed by atoms with Crippen LogP contribution in [-0.4, -0.2) is 46.2 Å². The van der Waals surface area contributed by atoms with Gasteiger partial charge in [0.1, 0.15) is 6.10 Å². The van der Waals surface area contributed by atoms with Crippen molar-refractivity contribution < 1.29 is 34.1 Å². The third kappa shape index (κ3) is 6.02. The van der Waals surface area contributed by atoms with Crippen LogP contribution >= 0.6 is 23.2 Å². The molecule has 0 radical (unpaired) electrons. The van der Waals surface area contributed by atoms with Crippen molar-refractivity contribution in [3.8, 4) is 0 Å². The summed E-state index contributed by atoms with van der Waals surface area (Å²) in [5.41, 5.74) is 1.00. The third-order valence-corrected chi connectivity index (χ3v) is 8.11. The van der Waals surface area contributed by atoms with Crippen molar-refractivity contribution in [1.82, 2.24) is 5.32 Å². The molecule has 3 N–H and O–H groups in total. The molecule has 1 amide bonds. The molecule has 0 aromatic heterocycles. The number of hydrogen-bond donors (Lipinski definition) is 3. The molecule has 8 nitrogen and oxygen atoms in total. The largest absolute Gasteiger partial charge is 0.481 e. The number of ether oxygens (including phenoxy) is 1. The first kappa shape index (κ1) is 28.4. The number of amides is 1. The standard InChI is InChI=1S/C29H27Cl2NO7/c1-14-23(27(34)35)25(24(14)28(36)37)26(33)32-15(2)22(12-16-7-10-20(30)21(31)11-16)39-29(38)19-9-8-17-5-3-4-6-18(17)13-19/h3-11,13-15,22-25H,12H2,1-2H3,(H,32,33)(H,34,35)(H,36,37)/t14?,15?,22-,23-,24-,25?/m1/s1. The van der Waals surface area contributed by atoms with Crippen molar-refractivity contribution in [1.29, 1.82) is 0 Å². The molecule has 4 rings (SSSR count). The highest BCUT2D eigenvalue weighted by Crippen LogP contribution is 2.46. The van der Waals surface area contributed by atoms with Gasteiger partial charge in [-0.15, -0.1) is 0 Å². The van der Waals surface area contributed by atoms with Gasteiger partial charge in [-0.05, 0) is 53.4 Å². The molecule has 0 aliphatic heterocycles. The molecule has 39 heavy (non-hydrogen) atoms. The average molecular weight is 572 g/mol. The zero-order valence-corrected chi connectivity index (χ0v) is 22.6. The fourth-order valence-electron chi connectivity index (χ4n) is 5.19. The van der Waals surface area contributed by atoms with E-state index >= 15 is 0 Å². The van der Waals surface area contributed by atoms with Crippen LogP contribution in [0, 0.1) is 23.7 Å². The first-order valence-electron chi connectivity index (χ1n) is 12.4. The van der Waals surface area contributed by atoms with Gasteiger partial charge in [0.05, 0.1) is 39.4 Å². The highest BCUT2D eigenvalue weighted by Gasteiger charge is 2.58. The molecule has 0 bridgehead atoms. The van der Waals surface area contributed by atoms with Crippen molar-refractivity contribution >= 4 is 57.8 Å². The molecule has 0 saturated heterocycles. The van der Waals surface area contributed by atoms with Crippen molar-refractivity contribution in [3.05, 3.63) is 81.8 Å². The van der Waals surface area contributed by atoms with E-state index in [2.05, 4.69) is 5.32 Å². The van der Waals surface area contributed by atoms with E-state index < -0.39 is 59.6 Å². The van der Waals surface area contributed by atoms with Gasteiger partial charge in [-0.25, -0.2) is 4.79 Å². The lowest BCUT2D eigenvalue weighted by Gasteiger charge is -2.45. The second kappa shape index (κ2) is 11.6.